The quantitative estimate of drug-likeness (QED) is 0.851. The molecule has 0 aromatic carbocycles. The van der Waals surface area contributed by atoms with Crippen molar-refractivity contribution >= 4 is 5.95 Å². The highest BCUT2D eigenvalue weighted by Gasteiger charge is 2.10. The Balaban J connectivity index is 2.36. The van der Waals surface area contributed by atoms with Crippen LogP contribution in [0.3, 0.4) is 0 Å². The highest BCUT2D eigenvalue weighted by molar-refractivity contribution is 5.30. The van der Waals surface area contributed by atoms with Crippen molar-refractivity contribution in [3.8, 4) is 12.0 Å². The van der Waals surface area contributed by atoms with Gasteiger partial charge in [0, 0.05) is 18.9 Å². The molecule has 1 N–H and O–H groups in total. The van der Waals surface area contributed by atoms with E-state index in [1.165, 1.54) is 0 Å². The lowest BCUT2D eigenvalue weighted by atomic mass is 10.5. The molecule has 0 amide bonds. The molecule has 0 aliphatic rings. The van der Waals surface area contributed by atoms with Crippen molar-refractivity contribution in [3.05, 3.63) is 18.2 Å². The molecule has 0 fully saturated rings. The zero-order valence-corrected chi connectivity index (χ0v) is 11.4. The summed E-state index contributed by atoms with van der Waals surface area (Å²) in [7, 11) is 0. The fourth-order valence-corrected chi connectivity index (χ4v) is 1.54. The van der Waals surface area contributed by atoms with E-state index in [-0.39, 0.29) is 0 Å². The average molecular weight is 262 g/mol. The second kappa shape index (κ2) is 6.12. The Kier molecular flexibility index (Phi) is 4.27. The first-order valence-corrected chi connectivity index (χ1v) is 6.37. The number of aromatic nitrogens is 5. The van der Waals surface area contributed by atoms with Crippen LogP contribution in [0.2, 0.25) is 0 Å². The Bertz CT molecular complexity index is 539. The van der Waals surface area contributed by atoms with E-state index in [0.29, 0.717) is 24.5 Å². The first kappa shape index (κ1) is 13.3. The van der Waals surface area contributed by atoms with Gasteiger partial charge >= 0.3 is 6.01 Å². The third-order valence-electron chi connectivity index (χ3n) is 2.41. The van der Waals surface area contributed by atoms with Gasteiger partial charge in [0.05, 0.1) is 6.61 Å². The van der Waals surface area contributed by atoms with Crippen LogP contribution in [-0.2, 0) is 0 Å². The van der Waals surface area contributed by atoms with Gasteiger partial charge < -0.3 is 10.1 Å². The number of hydrogen-bond donors (Lipinski definition) is 1. The maximum atomic E-state index is 5.48. The summed E-state index contributed by atoms with van der Waals surface area (Å²) in [6.45, 7) is 7.23. The van der Waals surface area contributed by atoms with Gasteiger partial charge in [-0.3, -0.25) is 4.57 Å². The van der Waals surface area contributed by atoms with Crippen LogP contribution in [0.5, 0.6) is 6.01 Å². The number of aryl methyl sites for hydroxylation is 1. The normalized spacial score (nSPS) is 10.5. The van der Waals surface area contributed by atoms with Crippen molar-refractivity contribution in [3.63, 3.8) is 0 Å². The van der Waals surface area contributed by atoms with Gasteiger partial charge in [0.1, 0.15) is 5.82 Å². The highest BCUT2D eigenvalue weighted by Crippen LogP contribution is 2.12. The minimum atomic E-state index is 0.330. The Morgan fingerprint density at radius 3 is 2.74 bits per heavy atom. The van der Waals surface area contributed by atoms with E-state index in [1.807, 2.05) is 27.0 Å². The molecule has 2 rings (SSSR count). The number of ether oxygens (including phenoxy) is 1. The van der Waals surface area contributed by atoms with Crippen LogP contribution in [0.4, 0.5) is 5.95 Å². The van der Waals surface area contributed by atoms with Crippen molar-refractivity contribution in [2.75, 3.05) is 18.5 Å². The minimum Gasteiger partial charge on any atom is -0.463 e. The summed E-state index contributed by atoms with van der Waals surface area (Å²) in [6.07, 6.45) is 4.42. The molecule has 7 nitrogen and oxygen atoms in total. The molecular formula is C12H18N6O. The van der Waals surface area contributed by atoms with Gasteiger partial charge in [-0.05, 0) is 20.3 Å². The molecule has 2 aromatic heterocycles. The van der Waals surface area contributed by atoms with Gasteiger partial charge in [-0.15, -0.1) is 0 Å². The second-order valence-electron chi connectivity index (χ2n) is 3.96. The highest BCUT2D eigenvalue weighted by atomic mass is 16.5. The molecule has 0 saturated heterocycles. The van der Waals surface area contributed by atoms with E-state index in [4.69, 9.17) is 4.74 Å². The van der Waals surface area contributed by atoms with Gasteiger partial charge in [0.2, 0.25) is 11.9 Å². The summed E-state index contributed by atoms with van der Waals surface area (Å²) < 4.78 is 7.28. The summed E-state index contributed by atoms with van der Waals surface area (Å²) in [6, 6.07) is 0.330. The van der Waals surface area contributed by atoms with Crippen molar-refractivity contribution < 1.29 is 4.74 Å². The maximum Gasteiger partial charge on any atom is 0.323 e. The Labute approximate surface area is 112 Å². The largest absolute Gasteiger partial charge is 0.463 e. The van der Waals surface area contributed by atoms with E-state index in [0.717, 1.165) is 18.8 Å². The summed E-state index contributed by atoms with van der Waals surface area (Å²) >= 11 is 0. The molecule has 2 aromatic rings. The average Bonchev–Trinajstić information content (AvgIpc) is 2.83. The predicted molar refractivity (Wildman–Crippen MR) is 71.6 cm³/mol. The van der Waals surface area contributed by atoms with Gasteiger partial charge in [0.25, 0.3) is 0 Å². The molecule has 0 aliphatic heterocycles. The molecule has 0 radical (unpaired) electrons. The fraction of sp³-hybridized carbons (Fsp3) is 0.500. The molecule has 0 saturated carbocycles. The topological polar surface area (TPSA) is 77.8 Å². The molecular weight excluding hydrogens is 244 g/mol. The molecule has 0 unspecified atom stereocenters. The van der Waals surface area contributed by atoms with E-state index in [2.05, 4.69) is 25.3 Å². The summed E-state index contributed by atoms with van der Waals surface area (Å²) in [5.41, 5.74) is 0. The summed E-state index contributed by atoms with van der Waals surface area (Å²) in [5.74, 6) is 1.83. The van der Waals surface area contributed by atoms with E-state index in [1.54, 1.807) is 10.8 Å². The van der Waals surface area contributed by atoms with Crippen LogP contribution in [-0.4, -0.2) is 37.7 Å². The predicted octanol–water partition coefficient (Wildman–Crippen LogP) is 1.59. The first-order chi connectivity index (χ1) is 9.24. The van der Waals surface area contributed by atoms with Crippen LogP contribution in [0, 0.1) is 6.92 Å². The molecule has 2 heterocycles. The lowest BCUT2D eigenvalue weighted by Crippen LogP contribution is -2.11. The van der Waals surface area contributed by atoms with Crippen LogP contribution in [0.15, 0.2) is 12.4 Å². The van der Waals surface area contributed by atoms with Gasteiger partial charge in [-0.2, -0.15) is 15.0 Å². The molecule has 0 aliphatic carbocycles. The Morgan fingerprint density at radius 1 is 1.26 bits per heavy atom. The SMILES string of the molecule is CCCOc1nc(NCC)nc(-n2ccnc2C)n1. The molecule has 7 heteroatoms. The molecule has 0 atom stereocenters. The van der Waals surface area contributed by atoms with E-state index >= 15 is 0 Å². The standard InChI is InChI=1S/C12H18N6O/c1-4-8-19-12-16-10(13-5-2)15-11(17-12)18-7-6-14-9(18)3/h6-7H,4-5,8H2,1-3H3,(H,13,15,16,17). The van der Waals surface area contributed by atoms with E-state index < -0.39 is 0 Å². The second-order valence-corrected chi connectivity index (χ2v) is 3.96. The minimum absolute atomic E-state index is 0.330. The molecule has 102 valence electrons. The summed E-state index contributed by atoms with van der Waals surface area (Å²) in [5, 5.41) is 3.07. The number of nitrogens with one attached hydrogen (secondary N) is 1. The molecule has 0 spiro atoms. The van der Waals surface area contributed by atoms with E-state index in [9.17, 15) is 0 Å². The number of anilines is 1. The van der Waals surface area contributed by atoms with Crippen LogP contribution >= 0.6 is 0 Å². The van der Waals surface area contributed by atoms with Crippen LogP contribution in [0.1, 0.15) is 26.1 Å². The van der Waals surface area contributed by atoms with Gasteiger partial charge in [0.15, 0.2) is 0 Å². The van der Waals surface area contributed by atoms with Crippen molar-refractivity contribution in [2.45, 2.75) is 27.2 Å². The first-order valence-electron chi connectivity index (χ1n) is 6.37. The number of rotatable bonds is 6. The number of nitrogens with zero attached hydrogens (tertiary/aromatic N) is 5. The lowest BCUT2D eigenvalue weighted by molar-refractivity contribution is 0.291. The number of imidazole rings is 1. The van der Waals surface area contributed by atoms with Crippen molar-refractivity contribution in [1.29, 1.82) is 0 Å². The third-order valence-corrected chi connectivity index (χ3v) is 2.41. The zero-order chi connectivity index (χ0) is 13.7. The molecule has 19 heavy (non-hydrogen) atoms. The third kappa shape index (κ3) is 3.18. The molecule has 0 bridgehead atoms. The zero-order valence-electron chi connectivity index (χ0n) is 11.4. The Morgan fingerprint density at radius 2 is 2.11 bits per heavy atom. The Hall–Kier alpha value is -2.18. The summed E-state index contributed by atoms with van der Waals surface area (Å²) in [4.78, 5) is 17.0. The van der Waals surface area contributed by atoms with Gasteiger partial charge in [-0.1, -0.05) is 6.92 Å². The number of hydrogen-bond acceptors (Lipinski definition) is 6. The van der Waals surface area contributed by atoms with Gasteiger partial charge in [-0.25, -0.2) is 4.98 Å². The van der Waals surface area contributed by atoms with Crippen LogP contribution in [0.25, 0.3) is 5.95 Å². The monoisotopic (exact) mass is 262 g/mol. The van der Waals surface area contributed by atoms with Crippen LogP contribution < -0.4 is 10.1 Å². The smallest absolute Gasteiger partial charge is 0.323 e. The fourth-order valence-electron chi connectivity index (χ4n) is 1.54. The van der Waals surface area contributed by atoms with Crippen molar-refractivity contribution in [1.82, 2.24) is 24.5 Å². The lowest BCUT2D eigenvalue weighted by Gasteiger charge is -2.09. The maximum absolute atomic E-state index is 5.48. The van der Waals surface area contributed by atoms with Crippen molar-refractivity contribution in [2.24, 2.45) is 0 Å².